The average molecular weight is 323 g/mol. The van der Waals surface area contributed by atoms with Crippen LogP contribution in [0.5, 0.6) is 5.75 Å². The van der Waals surface area contributed by atoms with E-state index in [0.717, 1.165) is 16.7 Å². The Labute approximate surface area is 134 Å². The number of hydrogen-bond donors (Lipinski definition) is 0. The minimum absolute atomic E-state index is 0.0236. The molecule has 1 aromatic carbocycles. The Kier molecular flexibility index (Phi) is 4.13. The maximum absolute atomic E-state index is 13.8. The lowest BCUT2D eigenvalue weighted by Gasteiger charge is -2.26. The summed E-state index contributed by atoms with van der Waals surface area (Å²) in [6.07, 6.45) is 4.36. The summed E-state index contributed by atoms with van der Waals surface area (Å²) in [7, 11) is 1.43. The molecule has 0 bridgehead atoms. The van der Waals surface area contributed by atoms with Crippen LogP contribution in [-0.2, 0) is 0 Å². The van der Waals surface area contributed by atoms with Crippen LogP contribution in [-0.4, -0.2) is 31.0 Å². The van der Waals surface area contributed by atoms with Gasteiger partial charge in [-0.15, -0.1) is 0 Å². The van der Waals surface area contributed by atoms with Crippen molar-refractivity contribution in [1.82, 2.24) is 4.90 Å². The van der Waals surface area contributed by atoms with Crippen molar-refractivity contribution < 1.29 is 17.9 Å². The normalized spacial score (nSPS) is 22.5. The quantitative estimate of drug-likeness (QED) is 0.792. The fourth-order valence-corrected chi connectivity index (χ4v) is 3.00. The van der Waals surface area contributed by atoms with Crippen molar-refractivity contribution in [3.8, 4) is 5.75 Å². The Morgan fingerprint density at radius 1 is 1.35 bits per heavy atom. The Morgan fingerprint density at radius 3 is 2.65 bits per heavy atom. The van der Waals surface area contributed by atoms with E-state index < -0.39 is 17.7 Å². The third-order valence-electron chi connectivity index (χ3n) is 4.54. The van der Waals surface area contributed by atoms with Crippen LogP contribution >= 0.6 is 0 Å². The standard InChI is InChI=1S/C18H20F3NO/c1-12-11-22(7-5-14-10-18(14,20)21)8-6-15(12)13-3-4-17(23-2)16(19)9-13/h3-4,6,8-9,14H,5,7,10-11H2,1-2H3. The molecule has 1 saturated carbocycles. The summed E-state index contributed by atoms with van der Waals surface area (Å²) in [5.41, 5.74) is 2.87. The molecule has 5 heteroatoms. The van der Waals surface area contributed by atoms with Crippen LogP contribution in [0.4, 0.5) is 13.2 Å². The van der Waals surface area contributed by atoms with E-state index in [4.69, 9.17) is 4.74 Å². The van der Waals surface area contributed by atoms with Gasteiger partial charge >= 0.3 is 0 Å². The lowest BCUT2D eigenvalue weighted by molar-refractivity contribution is 0.0953. The topological polar surface area (TPSA) is 12.5 Å². The number of alkyl halides is 2. The lowest BCUT2D eigenvalue weighted by Crippen LogP contribution is -2.24. The fraction of sp³-hybridized carbons (Fsp3) is 0.444. The molecule has 124 valence electrons. The molecule has 0 spiro atoms. The van der Waals surface area contributed by atoms with Crippen LogP contribution in [0.25, 0.3) is 5.57 Å². The molecule has 1 unspecified atom stereocenters. The molecule has 1 aliphatic heterocycles. The molecule has 1 atom stereocenters. The molecule has 0 radical (unpaired) electrons. The second kappa shape index (κ2) is 5.95. The summed E-state index contributed by atoms with van der Waals surface area (Å²) in [5, 5.41) is 0. The second-order valence-corrected chi connectivity index (χ2v) is 6.28. The van der Waals surface area contributed by atoms with Crippen molar-refractivity contribution >= 4 is 5.57 Å². The number of ether oxygens (including phenoxy) is 1. The van der Waals surface area contributed by atoms with E-state index in [1.165, 1.54) is 13.2 Å². The van der Waals surface area contributed by atoms with E-state index in [-0.39, 0.29) is 12.2 Å². The summed E-state index contributed by atoms with van der Waals surface area (Å²) in [4.78, 5) is 2.03. The van der Waals surface area contributed by atoms with E-state index >= 15 is 0 Å². The highest BCUT2D eigenvalue weighted by molar-refractivity contribution is 5.77. The van der Waals surface area contributed by atoms with Crippen molar-refractivity contribution in [2.24, 2.45) is 5.92 Å². The highest BCUT2D eigenvalue weighted by atomic mass is 19.3. The van der Waals surface area contributed by atoms with Gasteiger partial charge in [-0.3, -0.25) is 0 Å². The van der Waals surface area contributed by atoms with E-state index in [1.54, 1.807) is 6.07 Å². The predicted octanol–water partition coefficient (Wildman–Crippen LogP) is 4.48. The molecule has 0 saturated heterocycles. The fourth-order valence-electron chi connectivity index (χ4n) is 3.00. The van der Waals surface area contributed by atoms with Crippen molar-refractivity contribution in [3.63, 3.8) is 0 Å². The molecule has 1 aliphatic carbocycles. The summed E-state index contributed by atoms with van der Waals surface area (Å²) >= 11 is 0. The van der Waals surface area contributed by atoms with Crippen molar-refractivity contribution in [3.05, 3.63) is 47.4 Å². The van der Waals surface area contributed by atoms with Crippen LogP contribution < -0.4 is 4.74 Å². The SMILES string of the molecule is COc1ccc(C2=C(C)CN(CCC3CC3(F)F)C=C2)cc1F. The van der Waals surface area contributed by atoms with Crippen LogP contribution in [0.1, 0.15) is 25.3 Å². The van der Waals surface area contributed by atoms with Gasteiger partial charge in [0.1, 0.15) is 0 Å². The van der Waals surface area contributed by atoms with Crippen LogP contribution in [0, 0.1) is 11.7 Å². The number of halogens is 3. The van der Waals surface area contributed by atoms with Crippen molar-refractivity contribution in [1.29, 1.82) is 0 Å². The monoisotopic (exact) mass is 323 g/mol. The second-order valence-electron chi connectivity index (χ2n) is 6.28. The van der Waals surface area contributed by atoms with Gasteiger partial charge in [-0.2, -0.15) is 0 Å². The number of methoxy groups -OCH3 is 1. The van der Waals surface area contributed by atoms with Crippen molar-refractivity contribution in [2.75, 3.05) is 20.2 Å². The first-order chi connectivity index (χ1) is 10.9. The number of allylic oxidation sites excluding steroid dienone is 2. The van der Waals surface area contributed by atoms with Crippen LogP contribution in [0.2, 0.25) is 0 Å². The largest absolute Gasteiger partial charge is 0.494 e. The number of benzene rings is 1. The zero-order chi connectivity index (χ0) is 16.6. The molecule has 23 heavy (non-hydrogen) atoms. The van der Waals surface area contributed by atoms with E-state index in [2.05, 4.69) is 0 Å². The van der Waals surface area contributed by atoms with Gasteiger partial charge in [0.15, 0.2) is 11.6 Å². The zero-order valence-electron chi connectivity index (χ0n) is 13.3. The molecule has 2 aliphatic rings. The smallest absolute Gasteiger partial charge is 0.251 e. The highest BCUT2D eigenvalue weighted by Crippen LogP contribution is 2.50. The molecule has 3 rings (SSSR count). The molecular weight excluding hydrogens is 303 g/mol. The lowest BCUT2D eigenvalue weighted by atomic mass is 9.98. The van der Waals surface area contributed by atoms with E-state index in [1.807, 2.05) is 30.2 Å². The molecule has 0 aromatic heterocycles. The van der Waals surface area contributed by atoms with Gasteiger partial charge < -0.3 is 9.64 Å². The van der Waals surface area contributed by atoms with Gasteiger partial charge in [-0.25, -0.2) is 13.2 Å². The minimum Gasteiger partial charge on any atom is -0.494 e. The van der Waals surface area contributed by atoms with E-state index in [9.17, 15) is 13.2 Å². The molecule has 1 heterocycles. The Balaban J connectivity index is 1.65. The number of rotatable bonds is 5. The average Bonchev–Trinajstić information content (AvgIpc) is 3.12. The van der Waals surface area contributed by atoms with Gasteiger partial charge in [0.2, 0.25) is 0 Å². The van der Waals surface area contributed by atoms with Gasteiger partial charge in [0, 0.05) is 25.4 Å². The third-order valence-corrected chi connectivity index (χ3v) is 4.54. The Bertz CT molecular complexity index is 666. The minimum atomic E-state index is -2.45. The first-order valence-electron chi connectivity index (χ1n) is 7.74. The number of hydrogen-bond acceptors (Lipinski definition) is 2. The third kappa shape index (κ3) is 3.38. The van der Waals surface area contributed by atoms with E-state index in [0.29, 0.717) is 19.5 Å². The molecular formula is C18H20F3NO. The van der Waals surface area contributed by atoms with Gasteiger partial charge in [-0.05, 0) is 54.5 Å². The van der Waals surface area contributed by atoms with Gasteiger partial charge in [0.05, 0.1) is 7.11 Å². The summed E-state index contributed by atoms with van der Waals surface area (Å²) in [5.74, 6) is -3.08. The van der Waals surface area contributed by atoms with Crippen molar-refractivity contribution in [2.45, 2.75) is 25.7 Å². The summed E-state index contributed by atoms with van der Waals surface area (Å²) < 4.78 is 44.6. The van der Waals surface area contributed by atoms with Gasteiger partial charge in [-0.1, -0.05) is 6.07 Å². The van der Waals surface area contributed by atoms with Crippen LogP contribution in [0.15, 0.2) is 36.0 Å². The number of nitrogens with zero attached hydrogens (tertiary/aromatic N) is 1. The zero-order valence-corrected chi connectivity index (χ0v) is 13.3. The molecule has 0 N–H and O–H groups in total. The molecule has 1 fully saturated rings. The highest BCUT2D eigenvalue weighted by Gasteiger charge is 2.56. The predicted molar refractivity (Wildman–Crippen MR) is 83.9 cm³/mol. The molecule has 1 aromatic rings. The summed E-state index contributed by atoms with van der Waals surface area (Å²) in [6, 6.07) is 4.90. The Hall–Kier alpha value is -1.91. The van der Waals surface area contributed by atoms with Gasteiger partial charge in [0.25, 0.3) is 5.92 Å². The molecule has 2 nitrogen and oxygen atoms in total. The molecule has 0 amide bonds. The maximum atomic E-state index is 13.8. The Morgan fingerprint density at radius 2 is 2.09 bits per heavy atom. The maximum Gasteiger partial charge on any atom is 0.251 e. The van der Waals surface area contributed by atoms with Crippen LogP contribution in [0.3, 0.4) is 0 Å². The summed E-state index contributed by atoms with van der Waals surface area (Å²) in [6.45, 7) is 3.29. The first-order valence-corrected chi connectivity index (χ1v) is 7.74. The first kappa shape index (κ1) is 16.0.